The summed E-state index contributed by atoms with van der Waals surface area (Å²) in [4.78, 5) is 15.1. The van der Waals surface area contributed by atoms with Crippen molar-refractivity contribution in [1.82, 2.24) is 0 Å². The molecule has 1 aliphatic heterocycles. The van der Waals surface area contributed by atoms with Crippen LogP contribution in [-0.2, 0) is 26.7 Å². The summed E-state index contributed by atoms with van der Waals surface area (Å²) < 4.78 is 30.0. The molecular formula is C24H31NO4S. The number of hydrogen-bond donors (Lipinski definition) is 0. The van der Waals surface area contributed by atoms with Crippen LogP contribution in [-0.4, -0.2) is 44.7 Å². The number of benzene rings is 2. The predicted molar refractivity (Wildman–Crippen MR) is 121 cm³/mol. The van der Waals surface area contributed by atoms with Gasteiger partial charge >= 0.3 is 0 Å². The van der Waals surface area contributed by atoms with Crippen molar-refractivity contribution >= 4 is 21.3 Å². The van der Waals surface area contributed by atoms with E-state index in [2.05, 4.69) is 30.9 Å². The monoisotopic (exact) mass is 429 g/mol. The second-order valence-electron chi connectivity index (χ2n) is 8.49. The first-order valence-electron chi connectivity index (χ1n) is 10.5. The fraction of sp³-hybridized carbons (Fsp3) is 0.458. The van der Waals surface area contributed by atoms with E-state index in [0.29, 0.717) is 17.5 Å². The van der Waals surface area contributed by atoms with Crippen molar-refractivity contribution in [2.45, 2.75) is 57.3 Å². The summed E-state index contributed by atoms with van der Waals surface area (Å²) in [5.74, 6) is 0.0199. The number of nitrogens with zero attached hydrogens (tertiary/aromatic N) is 1. The molecule has 0 amide bonds. The summed E-state index contributed by atoms with van der Waals surface area (Å²) in [6.07, 6.45) is 0.668. The Hall–Kier alpha value is -2.18. The van der Waals surface area contributed by atoms with Gasteiger partial charge in [-0.3, -0.25) is 4.79 Å². The van der Waals surface area contributed by atoms with E-state index in [1.165, 1.54) is 0 Å². The second kappa shape index (κ2) is 9.31. The molecule has 1 fully saturated rings. The Morgan fingerprint density at radius 3 is 2.27 bits per heavy atom. The molecule has 3 rings (SSSR count). The number of rotatable bonds is 7. The number of carbonyl (C=O) groups excluding carboxylic acids is 1. The number of hydrogen-bond acceptors (Lipinski definition) is 5. The Morgan fingerprint density at radius 1 is 1.03 bits per heavy atom. The number of Topliss-reactive ketones (excluding diaryl/α,β-unsaturated/α-hetero) is 1. The third kappa shape index (κ3) is 5.70. The number of sulfone groups is 1. The Morgan fingerprint density at radius 2 is 1.67 bits per heavy atom. The van der Waals surface area contributed by atoms with Gasteiger partial charge in [-0.05, 0) is 51.0 Å². The Kier molecular flexibility index (Phi) is 6.98. The van der Waals surface area contributed by atoms with Crippen molar-refractivity contribution in [1.29, 1.82) is 0 Å². The van der Waals surface area contributed by atoms with Gasteiger partial charge in [0.05, 0.1) is 23.2 Å². The van der Waals surface area contributed by atoms with E-state index >= 15 is 0 Å². The minimum absolute atomic E-state index is 0.00240. The van der Waals surface area contributed by atoms with Gasteiger partial charge in [0.15, 0.2) is 15.6 Å². The smallest absolute Gasteiger partial charge is 0.167 e. The molecule has 2 aromatic rings. The van der Waals surface area contributed by atoms with Gasteiger partial charge in [-0.2, -0.15) is 0 Å². The molecule has 2 atom stereocenters. The van der Waals surface area contributed by atoms with Crippen LogP contribution in [0.25, 0.3) is 0 Å². The fourth-order valence-electron chi connectivity index (χ4n) is 3.73. The predicted octanol–water partition coefficient (Wildman–Crippen LogP) is 4.05. The zero-order chi connectivity index (χ0) is 21.9. The molecule has 1 heterocycles. The molecule has 0 saturated carbocycles. The number of ether oxygens (including phenoxy) is 1. The number of ketones is 1. The van der Waals surface area contributed by atoms with Gasteiger partial charge in [-0.1, -0.05) is 36.4 Å². The van der Waals surface area contributed by atoms with Crippen LogP contribution in [0.5, 0.6) is 0 Å². The number of carbonyl (C=O) groups is 1. The van der Waals surface area contributed by atoms with Crippen LogP contribution in [0, 0.1) is 0 Å². The zero-order valence-corrected chi connectivity index (χ0v) is 19.0. The first-order chi connectivity index (χ1) is 14.1. The molecule has 0 spiro atoms. The van der Waals surface area contributed by atoms with E-state index in [4.69, 9.17) is 4.74 Å². The SMILES string of the molecule is CC(C)S(=O)(=O)Cc1ccc(C(=O)Cc2cccc(N3C[C@@H](C)O[C@@H](C)C3)c2)cc1. The van der Waals surface area contributed by atoms with E-state index in [0.717, 1.165) is 24.3 Å². The maximum atomic E-state index is 12.8. The summed E-state index contributed by atoms with van der Waals surface area (Å²) in [5.41, 5.74) is 3.38. The van der Waals surface area contributed by atoms with E-state index in [9.17, 15) is 13.2 Å². The largest absolute Gasteiger partial charge is 0.372 e. The quantitative estimate of drug-likeness (QED) is 0.622. The Balaban J connectivity index is 1.67. The number of anilines is 1. The first kappa shape index (κ1) is 22.5. The molecule has 0 radical (unpaired) electrons. The normalized spacial score (nSPS) is 19.8. The molecule has 0 N–H and O–H groups in total. The van der Waals surface area contributed by atoms with Crippen molar-refractivity contribution in [3.63, 3.8) is 0 Å². The highest BCUT2D eigenvalue weighted by molar-refractivity contribution is 7.91. The van der Waals surface area contributed by atoms with E-state index in [-0.39, 0.29) is 23.7 Å². The van der Waals surface area contributed by atoms with Gasteiger partial charge < -0.3 is 9.64 Å². The summed E-state index contributed by atoms with van der Waals surface area (Å²) in [7, 11) is -3.15. The molecule has 162 valence electrons. The maximum absolute atomic E-state index is 12.8. The van der Waals surface area contributed by atoms with Crippen LogP contribution in [0.4, 0.5) is 5.69 Å². The van der Waals surface area contributed by atoms with Gasteiger partial charge in [0.1, 0.15) is 0 Å². The minimum Gasteiger partial charge on any atom is -0.372 e. The first-order valence-corrected chi connectivity index (χ1v) is 12.2. The van der Waals surface area contributed by atoms with Crippen molar-refractivity contribution in [2.75, 3.05) is 18.0 Å². The van der Waals surface area contributed by atoms with Crippen molar-refractivity contribution in [3.05, 3.63) is 65.2 Å². The Bertz CT molecular complexity index is 973. The van der Waals surface area contributed by atoms with Crippen LogP contribution in [0.2, 0.25) is 0 Å². The zero-order valence-electron chi connectivity index (χ0n) is 18.2. The van der Waals surface area contributed by atoms with Crippen molar-refractivity contribution in [3.8, 4) is 0 Å². The van der Waals surface area contributed by atoms with Crippen LogP contribution in [0.3, 0.4) is 0 Å². The number of morpholine rings is 1. The van der Waals surface area contributed by atoms with E-state index < -0.39 is 15.1 Å². The lowest BCUT2D eigenvalue weighted by molar-refractivity contribution is -0.00522. The highest BCUT2D eigenvalue weighted by Gasteiger charge is 2.22. The van der Waals surface area contributed by atoms with Gasteiger partial charge in [0.25, 0.3) is 0 Å². The molecular weight excluding hydrogens is 398 g/mol. The van der Waals surface area contributed by atoms with Crippen molar-refractivity contribution < 1.29 is 17.9 Å². The molecule has 2 aromatic carbocycles. The van der Waals surface area contributed by atoms with Crippen LogP contribution >= 0.6 is 0 Å². The molecule has 0 aromatic heterocycles. The molecule has 1 aliphatic rings. The van der Waals surface area contributed by atoms with Crippen LogP contribution in [0.1, 0.15) is 49.2 Å². The summed E-state index contributed by atoms with van der Waals surface area (Å²) >= 11 is 0. The molecule has 0 bridgehead atoms. The lowest BCUT2D eigenvalue weighted by Crippen LogP contribution is -2.45. The minimum atomic E-state index is -3.15. The Labute approximate surface area is 180 Å². The molecule has 30 heavy (non-hydrogen) atoms. The highest BCUT2D eigenvalue weighted by atomic mass is 32.2. The van der Waals surface area contributed by atoms with Gasteiger partial charge in [0, 0.05) is 30.8 Å². The van der Waals surface area contributed by atoms with Crippen LogP contribution in [0.15, 0.2) is 48.5 Å². The maximum Gasteiger partial charge on any atom is 0.167 e. The average molecular weight is 430 g/mol. The van der Waals surface area contributed by atoms with Gasteiger partial charge in [0.2, 0.25) is 0 Å². The lowest BCUT2D eigenvalue weighted by Gasteiger charge is -2.37. The average Bonchev–Trinajstić information content (AvgIpc) is 2.67. The molecule has 6 heteroatoms. The molecule has 5 nitrogen and oxygen atoms in total. The van der Waals surface area contributed by atoms with Gasteiger partial charge in [-0.15, -0.1) is 0 Å². The molecule has 0 aliphatic carbocycles. The molecule has 0 unspecified atom stereocenters. The summed E-state index contributed by atoms with van der Waals surface area (Å²) in [6.45, 7) is 9.18. The highest BCUT2D eigenvalue weighted by Crippen LogP contribution is 2.22. The summed E-state index contributed by atoms with van der Waals surface area (Å²) in [5, 5.41) is -0.413. The standard InChI is InChI=1S/C24H31NO4S/c1-17(2)30(27,28)16-20-8-10-22(11-9-20)24(26)13-21-6-5-7-23(12-21)25-14-18(3)29-19(4)15-25/h5-12,17-19H,13-16H2,1-4H3/t18-,19+. The second-order valence-corrected chi connectivity index (χ2v) is 11.0. The van der Waals surface area contributed by atoms with E-state index in [1.807, 2.05) is 12.1 Å². The van der Waals surface area contributed by atoms with E-state index in [1.54, 1.807) is 38.1 Å². The van der Waals surface area contributed by atoms with Crippen molar-refractivity contribution in [2.24, 2.45) is 0 Å². The van der Waals surface area contributed by atoms with Crippen LogP contribution < -0.4 is 4.90 Å². The fourth-order valence-corrected chi connectivity index (χ4v) is 4.72. The molecule has 1 saturated heterocycles. The third-order valence-electron chi connectivity index (χ3n) is 5.42. The summed E-state index contributed by atoms with van der Waals surface area (Å²) in [6, 6.07) is 15.0. The topological polar surface area (TPSA) is 63.7 Å². The lowest BCUT2D eigenvalue weighted by atomic mass is 10.0. The third-order valence-corrected chi connectivity index (χ3v) is 7.59. The van der Waals surface area contributed by atoms with Gasteiger partial charge in [-0.25, -0.2) is 8.42 Å².